The van der Waals surface area contributed by atoms with E-state index in [4.69, 9.17) is 16.7 Å². The number of H-pyrrole nitrogens is 1. The van der Waals surface area contributed by atoms with Gasteiger partial charge in [-0.1, -0.05) is 0 Å². The lowest BCUT2D eigenvalue weighted by Crippen LogP contribution is -2.24. The molecule has 0 aliphatic carbocycles. The number of carboxylic acids is 1. The molecule has 0 aromatic carbocycles. The largest absolute Gasteiger partial charge is 0.573 e. The van der Waals surface area contributed by atoms with Gasteiger partial charge in [0.2, 0.25) is 0 Å². The van der Waals surface area contributed by atoms with E-state index in [-0.39, 0.29) is 11.6 Å². The lowest BCUT2D eigenvalue weighted by atomic mass is 10.2. The van der Waals surface area contributed by atoms with Gasteiger partial charge in [-0.3, -0.25) is 4.79 Å². The number of alkyl halides is 4. The SMILES string of the molecule is O=C(O)c1cc(OC(F)(F)F)c(=O)[nH]c1CCl. The minimum Gasteiger partial charge on any atom is -0.478 e. The maximum absolute atomic E-state index is 11.9. The van der Waals surface area contributed by atoms with Gasteiger partial charge in [0.1, 0.15) is 0 Å². The molecule has 0 aliphatic rings. The summed E-state index contributed by atoms with van der Waals surface area (Å²) in [7, 11) is 0. The van der Waals surface area contributed by atoms with E-state index in [1.54, 1.807) is 0 Å². The van der Waals surface area contributed by atoms with E-state index in [0.717, 1.165) is 0 Å². The minimum absolute atomic E-state index is 0.196. The Morgan fingerprint density at radius 2 is 2.12 bits per heavy atom. The third-order valence-corrected chi connectivity index (χ3v) is 1.95. The van der Waals surface area contributed by atoms with Gasteiger partial charge in [0.05, 0.1) is 11.4 Å². The standard InChI is InChI=1S/C8H5ClF3NO4/c9-2-4-3(7(15)16)1-5(6(14)13-4)17-8(10,11)12/h1H,2H2,(H,13,14)(H,15,16). The van der Waals surface area contributed by atoms with E-state index in [0.29, 0.717) is 6.07 Å². The lowest BCUT2D eigenvalue weighted by molar-refractivity contribution is -0.275. The number of pyridine rings is 1. The predicted octanol–water partition coefficient (Wildman–Crippen LogP) is 1.71. The first-order valence-electron chi connectivity index (χ1n) is 4.06. The molecule has 0 fully saturated rings. The van der Waals surface area contributed by atoms with Crippen LogP contribution in [-0.4, -0.2) is 22.4 Å². The zero-order valence-corrected chi connectivity index (χ0v) is 8.72. The molecule has 0 radical (unpaired) electrons. The first-order chi connectivity index (χ1) is 7.74. The topological polar surface area (TPSA) is 79.4 Å². The molecule has 0 saturated heterocycles. The smallest absolute Gasteiger partial charge is 0.478 e. The molecule has 1 aromatic heterocycles. The van der Waals surface area contributed by atoms with Crippen molar-refractivity contribution in [3.8, 4) is 5.75 Å². The molecular formula is C8H5ClF3NO4. The van der Waals surface area contributed by atoms with E-state index in [2.05, 4.69) is 4.74 Å². The number of aromatic nitrogens is 1. The summed E-state index contributed by atoms with van der Waals surface area (Å²) >= 11 is 5.34. The number of nitrogens with one attached hydrogen (secondary N) is 1. The van der Waals surface area contributed by atoms with E-state index < -0.39 is 29.2 Å². The van der Waals surface area contributed by atoms with Crippen LogP contribution in [0.25, 0.3) is 0 Å². The molecular weight excluding hydrogens is 267 g/mol. The summed E-state index contributed by atoms with van der Waals surface area (Å²) < 4.78 is 39.0. The number of carboxylic acid groups (broad SMARTS) is 1. The van der Waals surface area contributed by atoms with Gasteiger partial charge in [-0.25, -0.2) is 4.79 Å². The zero-order chi connectivity index (χ0) is 13.2. The second kappa shape index (κ2) is 4.66. The summed E-state index contributed by atoms with van der Waals surface area (Å²) in [6, 6.07) is 0.479. The molecule has 17 heavy (non-hydrogen) atoms. The molecule has 94 valence electrons. The molecule has 1 heterocycles. The van der Waals surface area contributed by atoms with Gasteiger partial charge in [-0.05, 0) is 0 Å². The Kier molecular flexibility index (Phi) is 3.66. The van der Waals surface area contributed by atoms with Crippen molar-refractivity contribution in [2.24, 2.45) is 0 Å². The number of rotatable bonds is 3. The highest BCUT2D eigenvalue weighted by molar-refractivity contribution is 6.17. The van der Waals surface area contributed by atoms with Crippen molar-refractivity contribution in [1.29, 1.82) is 0 Å². The number of aromatic carboxylic acids is 1. The maximum Gasteiger partial charge on any atom is 0.573 e. The molecule has 0 amide bonds. The number of hydrogen-bond donors (Lipinski definition) is 2. The number of aromatic amines is 1. The fourth-order valence-electron chi connectivity index (χ4n) is 1.05. The monoisotopic (exact) mass is 271 g/mol. The van der Waals surface area contributed by atoms with Crippen LogP contribution in [0.3, 0.4) is 0 Å². The van der Waals surface area contributed by atoms with E-state index in [1.807, 2.05) is 4.98 Å². The molecule has 0 atom stereocenters. The molecule has 0 saturated carbocycles. The highest BCUT2D eigenvalue weighted by Crippen LogP contribution is 2.21. The van der Waals surface area contributed by atoms with Crippen molar-refractivity contribution in [3.05, 3.63) is 27.7 Å². The van der Waals surface area contributed by atoms with Crippen LogP contribution >= 0.6 is 11.6 Å². The molecule has 0 aliphatic heterocycles. The number of ether oxygens (including phenoxy) is 1. The number of hydrogen-bond acceptors (Lipinski definition) is 3. The molecule has 9 heteroatoms. The van der Waals surface area contributed by atoms with Crippen molar-refractivity contribution < 1.29 is 27.8 Å². The molecule has 1 rings (SSSR count). The Hall–Kier alpha value is -1.70. The second-order valence-electron chi connectivity index (χ2n) is 2.84. The van der Waals surface area contributed by atoms with Crippen molar-refractivity contribution in [2.75, 3.05) is 0 Å². The fraction of sp³-hybridized carbons (Fsp3) is 0.250. The number of halogens is 4. The van der Waals surface area contributed by atoms with Crippen LogP contribution in [0.2, 0.25) is 0 Å². The highest BCUT2D eigenvalue weighted by Gasteiger charge is 2.33. The normalized spacial score (nSPS) is 11.3. The zero-order valence-electron chi connectivity index (χ0n) is 7.97. The van der Waals surface area contributed by atoms with Crippen molar-refractivity contribution >= 4 is 17.6 Å². The van der Waals surface area contributed by atoms with Crippen LogP contribution in [0.5, 0.6) is 5.75 Å². The number of carbonyl (C=O) groups is 1. The van der Waals surface area contributed by atoms with Crippen LogP contribution < -0.4 is 10.3 Å². The summed E-state index contributed by atoms with van der Waals surface area (Å²) in [4.78, 5) is 23.7. The Labute approximate surface area is 96.8 Å². The van der Waals surface area contributed by atoms with Crippen molar-refractivity contribution in [3.63, 3.8) is 0 Å². The maximum atomic E-state index is 11.9. The lowest BCUT2D eigenvalue weighted by Gasteiger charge is -2.09. The molecule has 1 aromatic rings. The quantitative estimate of drug-likeness (QED) is 0.820. The third-order valence-electron chi connectivity index (χ3n) is 1.68. The molecule has 0 bridgehead atoms. The van der Waals surface area contributed by atoms with Gasteiger partial charge in [-0.15, -0.1) is 24.8 Å². The van der Waals surface area contributed by atoms with Gasteiger partial charge in [0, 0.05) is 11.8 Å². The third kappa shape index (κ3) is 3.38. The van der Waals surface area contributed by atoms with Crippen LogP contribution in [0.15, 0.2) is 10.9 Å². The first-order valence-corrected chi connectivity index (χ1v) is 4.59. The van der Waals surface area contributed by atoms with E-state index in [9.17, 15) is 22.8 Å². The highest BCUT2D eigenvalue weighted by atomic mass is 35.5. The Morgan fingerprint density at radius 1 is 1.53 bits per heavy atom. The predicted molar refractivity (Wildman–Crippen MR) is 50.3 cm³/mol. The fourth-order valence-corrected chi connectivity index (χ4v) is 1.26. The molecule has 2 N–H and O–H groups in total. The van der Waals surface area contributed by atoms with Crippen molar-refractivity contribution in [1.82, 2.24) is 4.98 Å². The second-order valence-corrected chi connectivity index (χ2v) is 3.11. The molecule has 5 nitrogen and oxygen atoms in total. The Bertz CT molecular complexity index is 497. The van der Waals surface area contributed by atoms with Gasteiger partial charge in [0.15, 0.2) is 5.75 Å². The summed E-state index contributed by atoms with van der Waals surface area (Å²) in [5.74, 6) is -3.03. The van der Waals surface area contributed by atoms with Crippen LogP contribution in [0.4, 0.5) is 13.2 Å². The first kappa shape index (κ1) is 13.4. The van der Waals surface area contributed by atoms with Crippen LogP contribution in [0, 0.1) is 0 Å². The van der Waals surface area contributed by atoms with E-state index >= 15 is 0 Å². The summed E-state index contributed by atoms with van der Waals surface area (Å²) in [5.41, 5.74) is -1.96. The molecule has 0 spiro atoms. The summed E-state index contributed by atoms with van der Waals surface area (Å²) in [5, 5.41) is 8.69. The van der Waals surface area contributed by atoms with E-state index in [1.165, 1.54) is 0 Å². The average Bonchev–Trinajstić information content (AvgIpc) is 2.18. The van der Waals surface area contributed by atoms with Gasteiger partial charge < -0.3 is 14.8 Å². The Balaban J connectivity index is 3.30. The summed E-state index contributed by atoms with van der Waals surface area (Å²) in [6.07, 6.45) is -5.08. The van der Waals surface area contributed by atoms with Gasteiger partial charge >= 0.3 is 12.3 Å². The van der Waals surface area contributed by atoms with Crippen LogP contribution in [0.1, 0.15) is 16.1 Å². The van der Waals surface area contributed by atoms with Gasteiger partial charge in [-0.2, -0.15) is 0 Å². The Morgan fingerprint density at radius 3 is 2.53 bits per heavy atom. The average molecular weight is 272 g/mol. The summed E-state index contributed by atoms with van der Waals surface area (Å²) in [6.45, 7) is 0. The molecule has 0 unspecified atom stereocenters. The van der Waals surface area contributed by atoms with Crippen molar-refractivity contribution in [2.45, 2.75) is 12.2 Å². The van der Waals surface area contributed by atoms with Gasteiger partial charge in [0.25, 0.3) is 5.56 Å². The minimum atomic E-state index is -5.08. The van der Waals surface area contributed by atoms with Crippen LogP contribution in [-0.2, 0) is 5.88 Å².